The van der Waals surface area contributed by atoms with Gasteiger partial charge >= 0.3 is 5.97 Å². The summed E-state index contributed by atoms with van der Waals surface area (Å²) in [5.74, 6) is -0.0762. The fraction of sp³-hybridized carbons (Fsp3) is 0.167. The molecule has 0 bridgehead atoms. The van der Waals surface area contributed by atoms with Crippen molar-refractivity contribution in [2.24, 2.45) is 0 Å². The number of rotatable bonds is 7. The van der Waals surface area contributed by atoms with Crippen LogP contribution in [0.2, 0.25) is 0 Å². The summed E-state index contributed by atoms with van der Waals surface area (Å²) in [4.78, 5) is 26.7. The van der Waals surface area contributed by atoms with Gasteiger partial charge in [0.1, 0.15) is 5.75 Å². The summed E-state index contributed by atoms with van der Waals surface area (Å²) in [5.41, 5.74) is 1.78. The molecule has 0 radical (unpaired) electrons. The van der Waals surface area contributed by atoms with Gasteiger partial charge in [-0.25, -0.2) is 4.79 Å². The molecule has 6 nitrogen and oxygen atoms in total. The summed E-state index contributed by atoms with van der Waals surface area (Å²) in [6.45, 7) is 0.291. The SMILES string of the molecule is COC(=O)COc1ccc(/C=C/C(=O)NCc2cccnc2)cc1. The van der Waals surface area contributed by atoms with E-state index in [0.717, 1.165) is 11.1 Å². The van der Waals surface area contributed by atoms with Crippen LogP contribution < -0.4 is 10.1 Å². The maximum absolute atomic E-state index is 11.8. The summed E-state index contributed by atoms with van der Waals surface area (Å²) in [6, 6.07) is 10.7. The number of nitrogens with one attached hydrogen (secondary N) is 1. The molecular weight excluding hydrogens is 308 g/mol. The average molecular weight is 326 g/mol. The maximum Gasteiger partial charge on any atom is 0.343 e. The summed E-state index contributed by atoms with van der Waals surface area (Å²) < 4.78 is 9.74. The highest BCUT2D eigenvalue weighted by Crippen LogP contribution is 2.13. The van der Waals surface area contributed by atoms with Crippen LogP contribution in [-0.2, 0) is 20.9 Å². The zero-order valence-electron chi connectivity index (χ0n) is 13.3. The number of pyridine rings is 1. The van der Waals surface area contributed by atoms with E-state index in [-0.39, 0.29) is 12.5 Å². The number of ether oxygens (including phenoxy) is 2. The smallest absolute Gasteiger partial charge is 0.343 e. The van der Waals surface area contributed by atoms with Gasteiger partial charge in [-0.3, -0.25) is 9.78 Å². The summed E-state index contributed by atoms with van der Waals surface area (Å²) in [6.07, 6.45) is 6.55. The zero-order valence-corrected chi connectivity index (χ0v) is 13.3. The van der Waals surface area contributed by atoms with Crippen molar-refractivity contribution in [1.82, 2.24) is 10.3 Å². The van der Waals surface area contributed by atoms with E-state index < -0.39 is 5.97 Å². The molecule has 0 saturated carbocycles. The van der Waals surface area contributed by atoms with Crippen LogP contribution in [0.1, 0.15) is 11.1 Å². The van der Waals surface area contributed by atoms with Crippen LogP contribution >= 0.6 is 0 Å². The van der Waals surface area contributed by atoms with E-state index in [4.69, 9.17) is 4.74 Å². The Kier molecular flexibility index (Phi) is 6.52. The number of aromatic nitrogens is 1. The Morgan fingerprint density at radius 1 is 1.21 bits per heavy atom. The van der Waals surface area contributed by atoms with E-state index in [0.29, 0.717) is 12.3 Å². The molecule has 0 aliphatic rings. The Labute approximate surface area is 140 Å². The molecule has 0 aliphatic heterocycles. The van der Waals surface area contributed by atoms with Crippen molar-refractivity contribution in [2.45, 2.75) is 6.54 Å². The Bertz CT molecular complexity index is 697. The molecule has 124 valence electrons. The molecule has 0 aliphatic carbocycles. The molecule has 1 heterocycles. The second kappa shape index (κ2) is 9.09. The van der Waals surface area contributed by atoms with Crippen LogP contribution in [0.5, 0.6) is 5.75 Å². The van der Waals surface area contributed by atoms with Gasteiger partial charge in [0.2, 0.25) is 5.91 Å². The first kappa shape index (κ1) is 17.2. The van der Waals surface area contributed by atoms with Crippen LogP contribution in [0.15, 0.2) is 54.9 Å². The highest BCUT2D eigenvalue weighted by Gasteiger charge is 2.01. The predicted octanol–water partition coefficient (Wildman–Crippen LogP) is 1.96. The van der Waals surface area contributed by atoms with Crippen molar-refractivity contribution in [3.8, 4) is 5.75 Å². The molecule has 6 heteroatoms. The molecule has 0 fully saturated rings. The monoisotopic (exact) mass is 326 g/mol. The molecule has 1 aromatic heterocycles. The number of hydrogen-bond donors (Lipinski definition) is 1. The number of carbonyl (C=O) groups excluding carboxylic acids is 2. The van der Waals surface area contributed by atoms with Gasteiger partial charge in [-0.2, -0.15) is 0 Å². The Hall–Kier alpha value is -3.15. The molecule has 1 N–H and O–H groups in total. The molecule has 1 aromatic carbocycles. The lowest BCUT2D eigenvalue weighted by molar-refractivity contribution is -0.142. The number of hydrogen-bond acceptors (Lipinski definition) is 5. The fourth-order valence-corrected chi connectivity index (χ4v) is 1.80. The van der Waals surface area contributed by atoms with E-state index in [2.05, 4.69) is 15.0 Å². The first-order valence-corrected chi connectivity index (χ1v) is 7.32. The molecule has 2 rings (SSSR count). The molecular formula is C18H18N2O4. The van der Waals surface area contributed by atoms with Gasteiger partial charge in [-0.1, -0.05) is 18.2 Å². The number of amides is 1. The molecule has 0 saturated heterocycles. The van der Waals surface area contributed by atoms with Gasteiger partial charge in [0.15, 0.2) is 6.61 Å². The van der Waals surface area contributed by atoms with E-state index in [9.17, 15) is 9.59 Å². The molecule has 24 heavy (non-hydrogen) atoms. The van der Waals surface area contributed by atoms with Gasteiger partial charge < -0.3 is 14.8 Å². The molecule has 0 atom stereocenters. The lowest BCUT2D eigenvalue weighted by atomic mass is 10.2. The van der Waals surface area contributed by atoms with E-state index in [1.54, 1.807) is 42.7 Å². The van der Waals surface area contributed by atoms with Crippen molar-refractivity contribution < 1.29 is 19.1 Å². The quantitative estimate of drug-likeness (QED) is 0.622. The summed E-state index contributed by atoms with van der Waals surface area (Å²) >= 11 is 0. The third-order valence-corrected chi connectivity index (χ3v) is 3.08. The number of methoxy groups -OCH3 is 1. The van der Waals surface area contributed by atoms with Crippen LogP contribution in [0.3, 0.4) is 0 Å². The lowest BCUT2D eigenvalue weighted by Crippen LogP contribution is -2.20. The fourth-order valence-electron chi connectivity index (χ4n) is 1.80. The maximum atomic E-state index is 11.8. The summed E-state index contributed by atoms with van der Waals surface area (Å²) in [7, 11) is 1.30. The minimum Gasteiger partial charge on any atom is -0.482 e. The Morgan fingerprint density at radius 3 is 2.67 bits per heavy atom. The minimum absolute atomic E-state index is 0.136. The number of carbonyl (C=O) groups is 2. The van der Waals surface area contributed by atoms with Gasteiger partial charge in [-0.15, -0.1) is 0 Å². The van der Waals surface area contributed by atoms with E-state index in [1.165, 1.54) is 13.2 Å². The lowest BCUT2D eigenvalue weighted by Gasteiger charge is -2.04. The third kappa shape index (κ3) is 5.92. The van der Waals surface area contributed by atoms with Gasteiger partial charge in [0.05, 0.1) is 7.11 Å². The molecule has 2 aromatic rings. The zero-order chi connectivity index (χ0) is 17.2. The third-order valence-electron chi connectivity index (χ3n) is 3.08. The predicted molar refractivity (Wildman–Crippen MR) is 89.1 cm³/mol. The van der Waals surface area contributed by atoms with Gasteiger partial charge in [0, 0.05) is 25.0 Å². The van der Waals surface area contributed by atoms with Crippen molar-refractivity contribution in [3.63, 3.8) is 0 Å². The Balaban J connectivity index is 1.80. The molecule has 0 unspecified atom stereocenters. The van der Waals surface area contributed by atoms with E-state index in [1.807, 2.05) is 12.1 Å². The van der Waals surface area contributed by atoms with Crippen LogP contribution in [0.4, 0.5) is 0 Å². The topological polar surface area (TPSA) is 77.5 Å². The number of benzene rings is 1. The average Bonchev–Trinajstić information content (AvgIpc) is 2.64. The highest BCUT2D eigenvalue weighted by atomic mass is 16.6. The molecule has 1 amide bonds. The Morgan fingerprint density at radius 2 is 2.00 bits per heavy atom. The van der Waals surface area contributed by atoms with Crippen molar-refractivity contribution in [3.05, 3.63) is 66.0 Å². The molecule has 0 spiro atoms. The number of esters is 1. The highest BCUT2D eigenvalue weighted by molar-refractivity contribution is 5.91. The normalized spacial score (nSPS) is 10.4. The van der Waals surface area contributed by atoms with Crippen molar-refractivity contribution >= 4 is 18.0 Å². The number of nitrogens with zero attached hydrogens (tertiary/aromatic N) is 1. The van der Waals surface area contributed by atoms with Crippen LogP contribution in [0, 0.1) is 0 Å². The summed E-state index contributed by atoms with van der Waals surface area (Å²) in [5, 5.41) is 2.78. The van der Waals surface area contributed by atoms with Gasteiger partial charge in [0.25, 0.3) is 0 Å². The van der Waals surface area contributed by atoms with Crippen LogP contribution in [-0.4, -0.2) is 30.6 Å². The van der Waals surface area contributed by atoms with Crippen LogP contribution in [0.25, 0.3) is 6.08 Å². The van der Waals surface area contributed by atoms with Gasteiger partial charge in [-0.05, 0) is 35.4 Å². The largest absolute Gasteiger partial charge is 0.482 e. The first-order valence-electron chi connectivity index (χ1n) is 7.32. The second-order valence-corrected chi connectivity index (χ2v) is 4.85. The van der Waals surface area contributed by atoms with E-state index >= 15 is 0 Å². The second-order valence-electron chi connectivity index (χ2n) is 4.85. The minimum atomic E-state index is -0.441. The standard InChI is InChI=1S/C18H18N2O4/c1-23-18(22)13-24-16-7-4-14(5-8-16)6-9-17(21)20-12-15-3-2-10-19-11-15/h2-11H,12-13H2,1H3,(H,20,21)/b9-6+. The van der Waals surface area contributed by atoms with Crippen molar-refractivity contribution in [2.75, 3.05) is 13.7 Å². The first-order chi connectivity index (χ1) is 11.7. The van der Waals surface area contributed by atoms with Crippen molar-refractivity contribution in [1.29, 1.82) is 0 Å².